The summed E-state index contributed by atoms with van der Waals surface area (Å²) in [5.74, 6) is 0. The van der Waals surface area contributed by atoms with Gasteiger partial charge in [-0.3, -0.25) is 0 Å². The lowest BCUT2D eigenvalue weighted by molar-refractivity contribution is -0.665. The van der Waals surface area contributed by atoms with Crippen LogP contribution in [0.3, 0.4) is 0 Å². The lowest BCUT2D eigenvalue weighted by atomic mass is 10.1. The number of rotatable bonds is 1. The summed E-state index contributed by atoms with van der Waals surface area (Å²) in [5, 5.41) is 2.09. The van der Waals surface area contributed by atoms with Gasteiger partial charge in [-0.25, -0.2) is 0 Å². The molecule has 72 valence electrons. The minimum atomic E-state index is 0.809. The van der Waals surface area contributed by atoms with Crippen LogP contribution < -0.4 is 4.57 Å². The largest absolute Gasteiger partial charge is 0.275 e. The molecule has 1 aromatic heterocycles. The highest BCUT2D eigenvalue weighted by molar-refractivity contribution is 6.28. The maximum Gasteiger partial charge on any atom is 0.275 e. The van der Waals surface area contributed by atoms with E-state index in [-0.39, 0.29) is 0 Å². The third-order valence-corrected chi connectivity index (χ3v) is 2.84. The Bertz CT molecular complexity index is 477. The van der Waals surface area contributed by atoms with Crippen LogP contribution in [0.1, 0.15) is 12.5 Å². The number of halogens is 1. The predicted octanol–water partition coefficient (Wildman–Crippen LogP) is 3.11. The highest BCUT2D eigenvalue weighted by atomic mass is 35.5. The van der Waals surface area contributed by atoms with Crippen LogP contribution in [-0.4, -0.2) is 0 Å². The highest BCUT2D eigenvalue weighted by Crippen LogP contribution is 2.18. The summed E-state index contributed by atoms with van der Waals surface area (Å²) < 4.78 is 2.11. The zero-order valence-electron chi connectivity index (χ0n) is 8.42. The molecule has 1 heterocycles. The van der Waals surface area contributed by atoms with Crippen molar-refractivity contribution >= 4 is 22.5 Å². The van der Waals surface area contributed by atoms with Crippen molar-refractivity contribution in [3.05, 3.63) is 41.0 Å². The van der Waals surface area contributed by atoms with Gasteiger partial charge in [-0.2, -0.15) is 4.57 Å². The minimum Gasteiger partial charge on any atom is -0.182 e. The SMILES string of the molecule is CC[n+]1c(Cl)cc(C)c2ccccc21. The van der Waals surface area contributed by atoms with E-state index >= 15 is 0 Å². The second-order valence-corrected chi connectivity index (χ2v) is 3.80. The van der Waals surface area contributed by atoms with Gasteiger partial charge in [0, 0.05) is 17.5 Å². The van der Waals surface area contributed by atoms with Crippen LogP contribution in [0.4, 0.5) is 0 Å². The van der Waals surface area contributed by atoms with Crippen molar-refractivity contribution in [2.75, 3.05) is 0 Å². The molecule has 0 fully saturated rings. The number of para-hydroxylation sites is 1. The number of pyridine rings is 1. The molecule has 0 unspecified atom stereocenters. The van der Waals surface area contributed by atoms with E-state index in [1.165, 1.54) is 16.5 Å². The van der Waals surface area contributed by atoms with Crippen molar-refractivity contribution in [2.45, 2.75) is 20.4 Å². The van der Waals surface area contributed by atoms with Crippen molar-refractivity contribution in [1.29, 1.82) is 0 Å². The third-order valence-electron chi connectivity index (χ3n) is 2.53. The highest BCUT2D eigenvalue weighted by Gasteiger charge is 2.13. The molecule has 1 aromatic carbocycles. The topological polar surface area (TPSA) is 3.88 Å². The Morgan fingerprint density at radius 1 is 1.29 bits per heavy atom. The monoisotopic (exact) mass is 206 g/mol. The zero-order chi connectivity index (χ0) is 10.1. The van der Waals surface area contributed by atoms with Gasteiger partial charge < -0.3 is 0 Å². The van der Waals surface area contributed by atoms with E-state index in [2.05, 4.69) is 36.6 Å². The number of hydrogen-bond donors (Lipinski definition) is 0. The summed E-state index contributed by atoms with van der Waals surface area (Å²) in [5.41, 5.74) is 2.44. The molecule has 0 amide bonds. The average molecular weight is 207 g/mol. The number of fused-ring (bicyclic) bond motifs is 1. The van der Waals surface area contributed by atoms with Gasteiger partial charge in [0.05, 0.1) is 0 Å². The summed E-state index contributed by atoms with van der Waals surface area (Å²) in [6.45, 7) is 5.10. The molecule has 2 aromatic rings. The van der Waals surface area contributed by atoms with Crippen LogP contribution in [-0.2, 0) is 6.54 Å². The lowest BCUT2D eigenvalue weighted by Gasteiger charge is -2.03. The molecule has 2 heteroatoms. The summed E-state index contributed by atoms with van der Waals surface area (Å²) in [7, 11) is 0. The predicted molar refractivity (Wildman–Crippen MR) is 59.6 cm³/mol. The first-order chi connectivity index (χ1) is 6.74. The normalized spacial score (nSPS) is 10.8. The van der Waals surface area contributed by atoms with Crippen molar-refractivity contribution in [3.8, 4) is 0 Å². The maximum absolute atomic E-state index is 6.17. The number of hydrogen-bond acceptors (Lipinski definition) is 0. The molecule has 0 aliphatic carbocycles. The Hall–Kier alpha value is -1.08. The summed E-state index contributed by atoms with van der Waals surface area (Å²) in [6.07, 6.45) is 0. The van der Waals surface area contributed by atoms with E-state index in [9.17, 15) is 0 Å². The second-order valence-electron chi connectivity index (χ2n) is 3.41. The number of aromatic nitrogens is 1. The van der Waals surface area contributed by atoms with Crippen LogP contribution in [0.2, 0.25) is 5.15 Å². The third kappa shape index (κ3) is 1.38. The van der Waals surface area contributed by atoms with Crippen molar-refractivity contribution in [2.24, 2.45) is 0 Å². The molecule has 0 atom stereocenters. The first-order valence-electron chi connectivity index (χ1n) is 4.81. The molecule has 0 saturated heterocycles. The fraction of sp³-hybridized carbons (Fsp3) is 0.250. The van der Waals surface area contributed by atoms with Crippen molar-refractivity contribution < 1.29 is 4.57 Å². The average Bonchev–Trinajstić information content (AvgIpc) is 2.18. The molecular formula is C12H13ClN+. The number of aryl methyl sites for hydroxylation is 2. The van der Waals surface area contributed by atoms with E-state index < -0.39 is 0 Å². The lowest BCUT2D eigenvalue weighted by Crippen LogP contribution is -2.34. The van der Waals surface area contributed by atoms with Crippen LogP contribution in [0.25, 0.3) is 10.9 Å². The molecule has 2 rings (SSSR count). The first-order valence-corrected chi connectivity index (χ1v) is 5.19. The van der Waals surface area contributed by atoms with E-state index in [0.29, 0.717) is 0 Å². The molecule has 0 bridgehead atoms. The van der Waals surface area contributed by atoms with Crippen LogP contribution >= 0.6 is 11.6 Å². The Labute approximate surface area is 88.9 Å². The van der Waals surface area contributed by atoms with E-state index in [4.69, 9.17) is 11.6 Å². The van der Waals surface area contributed by atoms with Gasteiger partial charge in [0.2, 0.25) is 5.52 Å². The quantitative estimate of drug-likeness (QED) is 0.499. The Kier molecular flexibility index (Phi) is 2.42. The minimum absolute atomic E-state index is 0.809. The van der Waals surface area contributed by atoms with Crippen molar-refractivity contribution in [1.82, 2.24) is 0 Å². The van der Waals surface area contributed by atoms with E-state index in [0.717, 1.165) is 11.7 Å². The van der Waals surface area contributed by atoms with Crippen LogP contribution in [0, 0.1) is 6.92 Å². The van der Waals surface area contributed by atoms with E-state index in [1.54, 1.807) is 0 Å². The molecule has 0 spiro atoms. The van der Waals surface area contributed by atoms with Gasteiger partial charge in [0.1, 0.15) is 6.54 Å². The van der Waals surface area contributed by atoms with Gasteiger partial charge in [0.25, 0.3) is 5.15 Å². The first kappa shape index (κ1) is 9.47. The maximum atomic E-state index is 6.17. The molecule has 0 N–H and O–H groups in total. The Morgan fingerprint density at radius 3 is 2.71 bits per heavy atom. The second kappa shape index (κ2) is 3.58. The molecule has 14 heavy (non-hydrogen) atoms. The Balaban J connectivity index is 2.90. The number of nitrogens with zero attached hydrogens (tertiary/aromatic N) is 1. The molecule has 1 nitrogen and oxygen atoms in total. The molecule has 0 aliphatic rings. The van der Waals surface area contributed by atoms with Crippen LogP contribution in [0.5, 0.6) is 0 Å². The molecule has 0 radical (unpaired) electrons. The van der Waals surface area contributed by atoms with Crippen molar-refractivity contribution in [3.63, 3.8) is 0 Å². The summed E-state index contributed by atoms with van der Waals surface area (Å²) >= 11 is 6.17. The van der Waals surface area contributed by atoms with Gasteiger partial charge in [-0.15, -0.1) is 0 Å². The fourth-order valence-electron chi connectivity index (χ4n) is 1.81. The fourth-order valence-corrected chi connectivity index (χ4v) is 2.19. The van der Waals surface area contributed by atoms with Gasteiger partial charge in [0.15, 0.2) is 0 Å². The summed E-state index contributed by atoms with van der Waals surface area (Å²) in [4.78, 5) is 0. The Morgan fingerprint density at radius 2 is 2.00 bits per heavy atom. The standard InChI is InChI=1S/C12H13ClN/c1-3-14-11-7-5-4-6-10(11)9(2)8-12(14)13/h4-8H,3H2,1-2H3/q+1. The van der Waals surface area contributed by atoms with Gasteiger partial charge in [-0.1, -0.05) is 12.1 Å². The van der Waals surface area contributed by atoms with Crippen LogP contribution in [0.15, 0.2) is 30.3 Å². The smallest absolute Gasteiger partial charge is 0.182 e. The zero-order valence-corrected chi connectivity index (χ0v) is 9.17. The molecular weight excluding hydrogens is 194 g/mol. The molecule has 0 aliphatic heterocycles. The van der Waals surface area contributed by atoms with E-state index in [1.807, 2.05) is 12.1 Å². The number of benzene rings is 1. The van der Waals surface area contributed by atoms with Gasteiger partial charge >= 0.3 is 0 Å². The summed E-state index contributed by atoms with van der Waals surface area (Å²) in [6, 6.07) is 10.4. The molecule has 0 saturated carbocycles. The van der Waals surface area contributed by atoms with Gasteiger partial charge in [-0.05, 0) is 37.1 Å².